The summed E-state index contributed by atoms with van der Waals surface area (Å²) in [6.07, 6.45) is 4.55. The van der Waals surface area contributed by atoms with Crippen LogP contribution in [0.3, 0.4) is 0 Å². The number of hydrogen-bond acceptors (Lipinski definition) is 7. The lowest BCUT2D eigenvalue weighted by Gasteiger charge is -2.39. The van der Waals surface area contributed by atoms with Gasteiger partial charge in [0, 0.05) is 50.1 Å². The van der Waals surface area contributed by atoms with E-state index >= 15 is 0 Å². The summed E-state index contributed by atoms with van der Waals surface area (Å²) < 4.78 is 34.0. The van der Waals surface area contributed by atoms with Gasteiger partial charge in [0.25, 0.3) is 5.91 Å². The molecule has 2 unspecified atom stereocenters. The fraction of sp³-hybridized carbons (Fsp3) is 0.360. The van der Waals surface area contributed by atoms with Crippen LogP contribution in [0.4, 0.5) is 20.2 Å². The maximum absolute atomic E-state index is 13.8. The predicted molar refractivity (Wildman–Crippen MR) is 125 cm³/mol. The lowest BCUT2D eigenvalue weighted by Crippen LogP contribution is -2.50. The summed E-state index contributed by atoms with van der Waals surface area (Å²) >= 11 is 0. The summed E-state index contributed by atoms with van der Waals surface area (Å²) in [4.78, 5) is 17.4. The van der Waals surface area contributed by atoms with Gasteiger partial charge in [-0.15, -0.1) is 0 Å². The van der Waals surface area contributed by atoms with Crippen molar-refractivity contribution in [2.75, 3.05) is 23.0 Å². The van der Waals surface area contributed by atoms with Crippen molar-refractivity contribution in [1.82, 2.24) is 4.90 Å². The smallest absolute Gasteiger partial charge is 0.257 e. The molecule has 4 N–H and O–H groups in total. The summed E-state index contributed by atoms with van der Waals surface area (Å²) in [5, 5.41) is 10.7. The van der Waals surface area contributed by atoms with Gasteiger partial charge < -0.3 is 20.3 Å². The molecule has 0 radical (unpaired) electrons. The first-order valence-electron chi connectivity index (χ1n) is 11.5. The molecule has 3 aliphatic rings. The van der Waals surface area contributed by atoms with Crippen LogP contribution < -0.4 is 21.5 Å². The molecule has 3 aliphatic heterocycles. The van der Waals surface area contributed by atoms with E-state index in [4.69, 9.17) is 16.3 Å². The number of anilines is 2. The molecule has 10 heteroatoms. The van der Waals surface area contributed by atoms with Gasteiger partial charge in [-0.25, -0.2) is 14.6 Å². The molecule has 0 aliphatic carbocycles. The molecular formula is C25H26F2N6O2. The largest absolute Gasteiger partial charge is 0.403 e. The summed E-state index contributed by atoms with van der Waals surface area (Å²) in [6, 6.07) is 10.5. The fourth-order valence-electron chi connectivity index (χ4n) is 5.46. The van der Waals surface area contributed by atoms with Crippen LogP contribution in [0.25, 0.3) is 0 Å². The quantitative estimate of drug-likeness (QED) is 0.511. The summed E-state index contributed by atoms with van der Waals surface area (Å²) in [5.74, 6) is 4.58. The monoisotopic (exact) mass is 480 g/mol. The van der Waals surface area contributed by atoms with Gasteiger partial charge in [0.2, 0.25) is 0 Å². The van der Waals surface area contributed by atoms with Crippen molar-refractivity contribution in [1.29, 1.82) is 5.26 Å². The molecule has 1 spiro atoms. The average molecular weight is 481 g/mol. The molecule has 1 amide bonds. The lowest BCUT2D eigenvalue weighted by molar-refractivity contribution is -0.140. The Labute approximate surface area is 201 Å². The predicted octanol–water partition coefficient (Wildman–Crippen LogP) is 3.01. The van der Waals surface area contributed by atoms with Crippen LogP contribution in [0.2, 0.25) is 0 Å². The highest BCUT2D eigenvalue weighted by atomic mass is 19.1. The van der Waals surface area contributed by atoms with Gasteiger partial charge >= 0.3 is 0 Å². The number of piperidine rings is 1. The van der Waals surface area contributed by atoms with E-state index < -0.39 is 23.3 Å². The molecule has 2 aromatic rings. The Kier molecular flexibility index (Phi) is 5.83. The van der Waals surface area contributed by atoms with E-state index in [0.29, 0.717) is 55.6 Å². The van der Waals surface area contributed by atoms with Crippen molar-refractivity contribution in [3.8, 4) is 6.07 Å². The van der Waals surface area contributed by atoms with Gasteiger partial charge in [0.15, 0.2) is 5.60 Å². The molecule has 0 bridgehead atoms. The number of nitrogens with zero attached hydrogens (tertiary/aromatic N) is 4. The third-order valence-corrected chi connectivity index (χ3v) is 7.15. The topological polar surface area (TPSA) is 112 Å². The Morgan fingerprint density at radius 1 is 1.14 bits per heavy atom. The third-order valence-electron chi connectivity index (χ3n) is 7.15. The van der Waals surface area contributed by atoms with Crippen LogP contribution in [0.15, 0.2) is 48.8 Å². The number of nitriles is 1. The van der Waals surface area contributed by atoms with Crippen molar-refractivity contribution in [3.05, 3.63) is 71.6 Å². The molecule has 5 rings (SSSR count). The number of amides is 1. The van der Waals surface area contributed by atoms with E-state index in [1.807, 2.05) is 12.1 Å². The van der Waals surface area contributed by atoms with Gasteiger partial charge in [-0.3, -0.25) is 9.80 Å². The van der Waals surface area contributed by atoms with Crippen molar-refractivity contribution in [3.63, 3.8) is 0 Å². The van der Waals surface area contributed by atoms with Crippen LogP contribution in [0, 0.1) is 23.0 Å². The number of carbonyl (C=O) groups is 1. The van der Waals surface area contributed by atoms with Crippen LogP contribution in [-0.4, -0.2) is 35.7 Å². The van der Waals surface area contributed by atoms with Gasteiger partial charge in [0.1, 0.15) is 23.9 Å². The zero-order chi connectivity index (χ0) is 24.7. The number of hydrogen-bond donors (Lipinski definition) is 2. The second-order valence-corrected chi connectivity index (χ2v) is 9.12. The number of ether oxygens (including phenoxy) is 1. The highest BCUT2D eigenvalue weighted by Gasteiger charge is 2.58. The number of rotatable bonds is 4. The maximum Gasteiger partial charge on any atom is 0.257 e. The molecule has 3 fully saturated rings. The summed E-state index contributed by atoms with van der Waals surface area (Å²) in [5.41, 5.74) is 6.76. The molecular weight excluding hydrogens is 454 g/mol. The summed E-state index contributed by atoms with van der Waals surface area (Å²) in [7, 11) is 0. The number of nitrogens with two attached hydrogens (primary N) is 2. The Morgan fingerprint density at radius 2 is 1.86 bits per heavy atom. The second kappa shape index (κ2) is 8.83. The van der Waals surface area contributed by atoms with E-state index in [1.54, 1.807) is 11.0 Å². The second-order valence-electron chi connectivity index (χ2n) is 9.12. The van der Waals surface area contributed by atoms with Crippen molar-refractivity contribution in [2.24, 2.45) is 11.6 Å². The standard InChI is InChI=1S/C25H26F2N6O2/c26-18-11-17(12-19(27)13-18)21-3-4-23-33(21)24(34)25(35-23)5-8-31(9-6-25)20-2-1-16(15-29)22(14-20)32(30)10-7-28/h1-2,7,10-14,21,23H,3-6,8-9,28,30H2/b10-7-. The number of hydrazine groups is 1. The van der Waals surface area contributed by atoms with E-state index in [9.17, 15) is 18.8 Å². The number of benzene rings is 2. The highest BCUT2D eigenvalue weighted by molar-refractivity contribution is 5.88. The van der Waals surface area contributed by atoms with Crippen LogP contribution in [-0.2, 0) is 9.53 Å². The minimum absolute atomic E-state index is 0.115. The van der Waals surface area contributed by atoms with Gasteiger partial charge in [-0.1, -0.05) is 0 Å². The number of fused-ring (bicyclic) bond motifs is 1. The van der Waals surface area contributed by atoms with E-state index in [1.165, 1.54) is 29.5 Å². The highest BCUT2D eigenvalue weighted by Crippen LogP contribution is 2.48. The molecule has 35 heavy (non-hydrogen) atoms. The third kappa shape index (κ3) is 3.96. The Hall–Kier alpha value is -3.68. The molecule has 3 heterocycles. The molecule has 182 valence electrons. The molecule has 0 saturated carbocycles. The zero-order valence-electron chi connectivity index (χ0n) is 19.0. The zero-order valence-corrected chi connectivity index (χ0v) is 19.0. The van der Waals surface area contributed by atoms with Crippen LogP contribution in [0.5, 0.6) is 0 Å². The van der Waals surface area contributed by atoms with Gasteiger partial charge in [-0.05, 0) is 48.7 Å². The van der Waals surface area contributed by atoms with Gasteiger partial charge in [0.05, 0.1) is 17.3 Å². The van der Waals surface area contributed by atoms with Crippen LogP contribution in [0.1, 0.15) is 42.9 Å². The van der Waals surface area contributed by atoms with E-state index in [2.05, 4.69) is 11.0 Å². The minimum atomic E-state index is -0.941. The number of halogens is 2. The van der Waals surface area contributed by atoms with Crippen molar-refractivity contribution in [2.45, 2.75) is 43.6 Å². The first kappa shape index (κ1) is 23.1. The SMILES string of the molecule is N#Cc1ccc(N2CCC3(CC2)OC2CCC(c4cc(F)cc(F)c4)N2C3=O)cc1N(N)/C=C\N. The Morgan fingerprint density at radius 3 is 2.51 bits per heavy atom. The average Bonchev–Trinajstić information content (AvgIpc) is 3.36. The summed E-state index contributed by atoms with van der Waals surface area (Å²) in [6.45, 7) is 1.13. The van der Waals surface area contributed by atoms with E-state index in [-0.39, 0.29) is 12.1 Å². The number of carbonyl (C=O) groups excluding carboxylic acids is 1. The lowest BCUT2D eigenvalue weighted by atomic mass is 9.89. The van der Waals surface area contributed by atoms with Crippen molar-refractivity contribution >= 4 is 17.3 Å². The normalized spacial score (nSPS) is 23.2. The fourth-order valence-corrected chi connectivity index (χ4v) is 5.46. The maximum atomic E-state index is 13.8. The van der Waals surface area contributed by atoms with Crippen molar-refractivity contribution < 1.29 is 18.3 Å². The van der Waals surface area contributed by atoms with Crippen LogP contribution >= 0.6 is 0 Å². The van der Waals surface area contributed by atoms with E-state index in [0.717, 1.165) is 11.8 Å². The molecule has 3 saturated heterocycles. The minimum Gasteiger partial charge on any atom is -0.403 e. The Balaban J connectivity index is 1.33. The van der Waals surface area contributed by atoms with Gasteiger partial charge in [-0.2, -0.15) is 5.26 Å². The first-order valence-corrected chi connectivity index (χ1v) is 11.5. The molecule has 2 aromatic carbocycles. The Bertz CT molecular complexity index is 1200. The molecule has 0 aromatic heterocycles. The molecule has 8 nitrogen and oxygen atoms in total. The first-order chi connectivity index (χ1) is 16.8. The molecule has 2 atom stereocenters.